The number of fused-ring (bicyclic) bond motifs is 4. The quantitative estimate of drug-likeness (QED) is 0.455. The third-order valence-corrected chi connectivity index (χ3v) is 2.45. The number of rotatable bonds is 0. The average Bonchev–Trinajstić information content (AvgIpc) is 2.68. The number of hydrogen-bond donors (Lipinski definition) is 0. The van der Waals surface area contributed by atoms with Gasteiger partial charge in [0.25, 0.3) is 0 Å². The van der Waals surface area contributed by atoms with Crippen LogP contribution in [-0.2, 0) is 14.2 Å². The van der Waals surface area contributed by atoms with Crippen LogP contribution in [0.2, 0.25) is 0 Å². The van der Waals surface area contributed by atoms with Crippen LogP contribution in [0.3, 0.4) is 0 Å². The van der Waals surface area contributed by atoms with Crippen molar-refractivity contribution in [1.29, 1.82) is 0 Å². The second kappa shape index (κ2) is 1.72. The summed E-state index contributed by atoms with van der Waals surface area (Å²) in [5.41, 5.74) is 0. The van der Waals surface area contributed by atoms with Crippen LogP contribution in [-0.4, -0.2) is 31.2 Å². The molecule has 0 aliphatic carbocycles. The van der Waals surface area contributed by atoms with E-state index in [1.165, 1.54) is 0 Å². The van der Waals surface area contributed by atoms with Gasteiger partial charge in [-0.15, -0.1) is 0 Å². The van der Waals surface area contributed by atoms with Crippen LogP contribution in [0.4, 0.5) is 0 Å². The smallest absolute Gasteiger partial charge is 0.160 e. The second-order valence-electron chi connectivity index (χ2n) is 3.14. The van der Waals surface area contributed by atoms with Crippen molar-refractivity contribution in [3.8, 4) is 0 Å². The van der Waals surface area contributed by atoms with Crippen molar-refractivity contribution in [2.24, 2.45) is 0 Å². The van der Waals surface area contributed by atoms with E-state index < -0.39 is 0 Å². The Kier molecular flexibility index (Phi) is 0.952. The summed E-state index contributed by atoms with van der Waals surface area (Å²) >= 11 is 0. The Morgan fingerprint density at radius 1 is 1.10 bits per heavy atom. The standard InChI is InChI=1S/C7H10O3/c1-2-8-6-3-5-7(10-5)4(1)9-6/h4-7H,1-3H2. The minimum Gasteiger partial charge on any atom is -0.367 e. The highest BCUT2D eigenvalue weighted by Gasteiger charge is 2.53. The van der Waals surface area contributed by atoms with E-state index in [9.17, 15) is 0 Å². The van der Waals surface area contributed by atoms with Gasteiger partial charge in [-0.2, -0.15) is 0 Å². The fourth-order valence-electron chi connectivity index (χ4n) is 1.85. The molecule has 10 heavy (non-hydrogen) atoms. The summed E-state index contributed by atoms with van der Waals surface area (Å²) in [5, 5.41) is 0. The van der Waals surface area contributed by atoms with Crippen LogP contribution in [0, 0.1) is 0 Å². The molecular formula is C7H10O3. The van der Waals surface area contributed by atoms with E-state index in [0.29, 0.717) is 18.3 Å². The van der Waals surface area contributed by atoms with Crippen LogP contribution in [0.5, 0.6) is 0 Å². The number of ether oxygens (including phenoxy) is 3. The van der Waals surface area contributed by atoms with Crippen molar-refractivity contribution in [3.05, 3.63) is 0 Å². The highest BCUT2D eigenvalue weighted by molar-refractivity contribution is 4.97. The van der Waals surface area contributed by atoms with Crippen molar-refractivity contribution < 1.29 is 14.2 Å². The first-order chi connectivity index (χ1) is 4.93. The van der Waals surface area contributed by atoms with Gasteiger partial charge in [-0.3, -0.25) is 0 Å². The van der Waals surface area contributed by atoms with E-state index in [2.05, 4.69) is 0 Å². The molecule has 0 aromatic heterocycles. The van der Waals surface area contributed by atoms with Gasteiger partial charge in [0.05, 0.1) is 18.8 Å². The summed E-state index contributed by atoms with van der Waals surface area (Å²) in [7, 11) is 0. The van der Waals surface area contributed by atoms with Crippen molar-refractivity contribution >= 4 is 0 Å². The normalized spacial score (nSPS) is 57.6. The Labute approximate surface area is 59.3 Å². The van der Waals surface area contributed by atoms with Gasteiger partial charge in [0, 0.05) is 6.42 Å². The Balaban J connectivity index is 1.82. The Hall–Kier alpha value is -0.120. The predicted octanol–water partition coefficient (Wildman–Crippen LogP) is 0.289. The van der Waals surface area contributed by atoms with Crippen molar-refractivity contribution in [3.63, 3.8) is 0 Å². The second-order valence-corrected chi connectivity index (χ2v) is 3.14. The van der Waals surface area contributed by atoms with Crippen LogP contribution in [0.25, 0.3) is 0 Å². The molecule has 3 heteroatoms. The van der Waals surface area contributed by atoms with Crippen LogP contribution in [0.1, 0.15) is 12.8 Å². The fraction of sp³-hybridized carbons (Fsp3) is 1.00. The zero-order chi connectivity index (χ0) is 6.55. The minimum atomic E-state index is 0.0440. The minimum absolute atomic E-state index is 0.0440. The molecule has 4 atom stereocenters. The Morgan fingerprint density at radius 2 is 2.10 bits per heavy atom. The van der Waals surface area contributed by atoms with E-state index in [0.717, 1.165) is 19.4 Å². The summed E-state index contributed by atoms with van der Waals surface area (Å²) in [6.45, 7) is 0.849. The molecule has 3 aliphatic rings. The van der Waals surface area contributed by atoms with E-state index in [4.69, 9.17) is 14.2 Å². The number of hydrogen-bond acceptors (Lipinski definition) is 3. The molecule has 3 nitrogen and oxygen atoms in total. The maximum absolute atomic E-state index is 5.53. The summed E-state index contributed by atoms with van der Waals surface area (Å²) in [5.74, 6) is 0. The maximum atomic E-state index is 5.53. The molecule has 2 bridgehead atoms. The first kappa shape index (κ1) is 5.52. The molecule has 56 valence electrons. The van der Waals surface area contributed by atoms with Gasteiger partial charge in [0.15, 0.2) is 6.29 Å². The third-order valence-electron chi connectivity index (χ3n) is 2.45. The largest absolute Gasteiger partial charge is 0.367 e. The van der Waals surface area contributed by atoms with E-state index in [-0.39, 0.29) is 6.29 Å². The van der Waals surface area contributed by atoms with Crippen molar-refractivity contribution in [2.45, 2.75) is 37.4 Å². The highest BCUT2D eigenvalue weighted by atomic mass is 16.7. The topological polar surface area (TPSA) is 31.0 Å². The molecule has 3 heterocycles. The lowest BCUT2D eigenvalue weighted by molar-refractivity contribution is -0.225. The zero-order valence-corrected chi connectivity index (χ0v) is 5.66. The molecule has 0 N–H and O–H groups in total. The number of epoxide rings is 1. The van der Waals surface area contributed by atoms with Gasteiger partial charge in [-0.25, -0.2) is 0 Å². The molecule has 0 radical (unpaired) electrons. The molecule has 3 saturated heterocycles. The lowest BCUT2D eigenvalue weighted by Crippen LogP contribution is -2.40. The van der Waals surface area contributed by atoms with Gasteiger partial charge < -0.3 is 14.2 Å². The van der Waals surface area contributed by atoms with Crippen molar-refractivity contribution in [1.82, 2.24) is 0 Å². The van der Waals surface area contributed by atoms with E-state index >= 15 is 0 Å². The van der Waals surface area contributed by atoms with Gasteiger partial charge in [0.2, 0.25) is 0 Å². The first-order valence-corrected chi connectivity index (χ1v) is 3.86. The molecule has 3 rings (SSSR count). The lowest BCUT2D eigenvalue weighted by atomic mass is 10.0. The fourth-order valence-corrected chi connectivity index (χ4v) is 1.85. The summed E-state index contributed by atoms with van der Waals surface area (Å²) in [6.07, 6.45) is 3.22. The monoisotopic (exact) mass is 142 g/mol. The average molecular weight is 142 g/mol. The molecule has 0 amide bonds. The van der Waals surface area contributed by atoms with Crippen LogP contribution >= 0.6 is 0 Å². The summed E-state index contributed by atoms with van der Waals surface area (Å²) in [6, 6.07) is 0. The molecular weight excluding hydrogens is 132 g/mol. The summed E-state index contributed by atoms with van der Waals surface area (Å²) < 4.78 is 16.3. The SMILES string of the molecule is C1CC2OC(CC3OC23)O1. The third kappa shape index (κ3) is 0.654. The van der Waals surface area contributed by atoms with E-state index in [1.807, 2.05) is 0 Å². The van der Waals surface area contributed by atoms with Crippen LogP contribution < -0.4 is 0 Å². The zero-order valence-electron chi connectivity index (χ0n) is 5.66. The van der Waals surface area contributed by atoms with Gasteiger partial charge >= 0.3 is 0 Å². The van der Waals surface area contributed by atoms with Gasteiger partial charge in [-0.05, 0) is 6.42 Å². The first-order valence-electron chi connectivity index (χ1n) is 3.86. The lowest BCUT2D eigenvalue weighted by Gasteiger charge is -2.32. The van der Waals surface area contributed by atoms with Crippen molar-refractivity contribution in [2.75, 3.05) is 6.61 Å². The van der Waals surface area contributed by atoms with E-state index in [1.54, 1.807) is 0 Å². The predicted molar refractivity (Wildman–Crippen MR) is 32.5 cm³/mol. The molecule has 0 spiro atoms. The summed E-state index contributed by atoms with van der Waals surface area (Å²) in [4.78, 5) is 0. The molecule has 4 unspecified atom stereocenters. The molecule has 3 aliphatic heterocycles. The maximum Gasteiger partial charge on any atom is 0.160 e. The highest BCUT2D eigenvalue weighted by Crippen LogP contribution is 2.40. The molecule has 0 saturated carbocycles. The molecule has 0 aromatic rings. The Bertz CT molecular complexity index is 159. The van der Waals surface area contributed by atoms with Gasteiger partial charge in [-0.1, -0.05) is 0 Å². The molecule has 3 fully saturated rings. The van der Waals surface area contributed by atoms with Crippen LogP contribution in [0.15, 0.2) is 0 Å². The Morgan fingerprint density at radius 3 is 3.10 bits per heavy atom. The van der Waals surface area contributed by atoms with Gasteiger partial charge in [0.1, 0.15) is 6.10 Å². The molecule has 0 aromatic carbocycles.